The van der Waals surface area contributed by atoms with Crippen molar-refractivity contribution in [3.8, 4) is 0 Å². The van der Waals surface area contributed by atoms with Crippen molar-refractivity contribution < 1.29 is 14.7 Å². The first-order valence-electron chi connectivity index (χ1n) is 7.95. The highest BCUT2D eigenvalue weighted by molar-refractivity contribution is 8.00. The fourth-order valence-corrected chi connectivity index (χ4v) is 3.13. The Hall–Kier alpha value is -2.02. The molecule has 0 fully saturated rings. The van der Waals surface area contributed by atoms with Crippen LogP contribution in [-0.2, 0) is 9.59 Å². The van der Waals surface area contributed by atoms with Crippen molar-refractivity contribution in [1.82, 2.24) is 15.3 Å². The fourth-order valence-electron chi connectivity index (χ4n) is 2.37. The van der Waals surface area contributed by atoms with Gasteiger partial charge in [0.25, 0.3) is 0 Å². The maximum atomic E-state index is 12.0. The number of fused-ring (bicyclic) bond motifs is 1. The van der Waals surface area contributed by atoms with Gasteiger partial charge in [0, 0.05) is 0 Å². The van der Waals surface area contributed by atoms with E-state index in [4.69, 9.17) is 0 Å². The van der Waals surface area contributed by atoms with Crippen LogP contribution < -0.4 is 5.32 Å². The van der Waals surface area contributed by atoms with Crippen molar-refractivity contribution in [2.45, 2.75) is 38.5 Å². The number of amides is 1. The first kappa shape index (κ1) is 18.3. The van der Waals surface area contributed by atoms with Gasteiger partial charge < -0.3 is 15.4 Å². The minimum atomic E-state index is -0.993. The summed E-state index contributed by atoms with van der Waals surface area (Å²) in [6.45, 7) is 5.83. The summed E-state index contributed by atoms with van der Waals surface area (Å²) in [6.07, 6.45) is 0.421. The van der Waals surface area contributed by atoms with E-state index in [2.05, 4.69) is 15.3 Å². The van der Waals surface area contributed by atoms with Crippen LogP contribution in [0.2, 0.25) is 0 Å². The average molecular weight is 349 g/mol. The fraction of sp³-hybridized carbons (Fsp3) is 0.471. The number of para-hydroxylation sites is 2. The summed E-state index contributed by atoms with van der Waals surface area (Å²) in [5.41, 5.74) is 1.86. The van der Waals surface area contributed by atoms with Crippen LogP contribution in [0.25, 0.3) is 11.0 Å². The van der Waals surface area contributed by atoms with E-state index in [0.29, 0.717) is 6.42 Å². The number of hydrogen-bond donors (Lipinski definition) is 3. The van der Waals surface area contributed by atoms with E-state index in [0.717, 1.165) is 16.9 Å². The maximum Gasteiger partial charge on any atom is 0.326 e. The lowest BCUT2D eigenvalue weighted by molar-refractivity contribution is -0.141. The summed E-state index contributed by atoms with van der Waals surface area (Å²) >= 11 is 1.43. The Morgan fingerprint density at radius 3 is 2.62 bits per heavy atom. The number of H-pyrrole nitrogens is 1. The Morgan fingerprint density at radius 1 is 1.29 bits per heavy atom. The van der Waals surface area contributed by atoms with E-state index in [9.17, 15) is 14.7 Å². The van der Waals surface area contributed by atoms with Crippen LogP contribution in [0.4, 0.5) is 0 Å². The smallest absolute Gasteiger partial charge is 0.326 e. The second-order valence-electron chi connectivity index (χ2n) is 6.18. The van der Waals surface area contributed by atoms with Gasteiger partial charge in [-0.05, 0) is 31.4 Å². The van der Waals surface area contributed by atoms with Gasteiger partial charge in [-0.2, -0.15) is 0 Å². The van der Waals surface area contributed by atoms with Crippen LogP contribution in [0.15, 0.2) is 24.3 Å². The number of rotatable bonds is 8. The number of thioether (sulfide) groups is 1. The summed E-state index contributed by atoms with van der Waals surface area (Å²) in [7, 11) is 0. The lowest BCUT2D eigenvalue weighted by Crippen LogP contribution is -2.42. The molecule has 130 valence electrons. The number of carbonyl (C=O) groups excluding carboxylic acids is 1. The van der Waals surface area contributed by atoms with Gasteiger partial charge in [-0.25, -0.2) is 9.78 Å². The maximum absolute atomic E-state index is 12.0. The van der Waals surface area contributed by atoms with Crippen LogP contribution in [0.5, 0.6) is 0 Å². The van der Waals surface area contributed by atoms with Crippen LogP contribution in [0.1, 0.15) is 38.3 Å². The Morgan fingerprint density at radius 2 is 2.00 bits per heavy atom. The van der Waals surface area contributed by atoms with Gasteiger partial charge in [-0.1, -0.05) is 26.0 Å². The number of nitrogens with one attached hydrogen (secondary N) is 2. The number of aliphatic carboxylic acids is 1. The molecule has 0 aliphatic carbocycles. The zero-order valence-corrected chi connectivity index (χ0v) is 14.9. The van der Waals surface area contributed by atoms with E-state index >= 15 is 0 Å². The molecule has 3 N–H and O–H groups in total. The summed E-state index contributed by atoms with van der Waals surface area (Å²) in [5, 5.41) is 11.8. The van der Waals surface area contributed by atoms with E-state index in [1.807, 2.05) is 45.0 Å². The van der Waals surface area contributed by atoms with Crippen LogP contribution in [-0.4, -0.2) is 38.7 Å². The van der Waals surface area contributed by atoms with Crippen molar-refractivity contribution in [2.75, 3.05) is 5.75 Å². The van der Waals surface area contributed by atoms with Crippen molar-refractivity contribution in [1.29, 1.82) is 0 Å². The number of carboxylic acids is 1. The van der Waals surface area contributed by atoms with Crippen molar-refractivity contribution in [2.24, 2.45) is 5.92 Å². The van der Waals surface area contributed by atoms with E-state index < -0.39 is 12.0 Å². The first-order valence-corrected chi connectivity index (χ1v) is 9.00. The van der Waals surface area contributed by atoms with Gasteiger partial charge in [0.15, 0.2) is 0 Å². The van der Waals surface area contributed by atoms with Crippen LogP contribution in [0, 0.1) is 5.92 Å². The highest BCUT2D eigenvalue weighted by Crippen LogP contribution is 2.27. The van der Waals surface area contributed by atoms with Crippen LogP contribution >= 0.6 is 11.8 Å². The predicted octanol–water partition coefficient (Wildman–Crippen LogP) is 2.97. The average Bonchev–Trinajstić information content (AvgIpc) is 2.95. The molecule has 0 bridgehead atoms. The number of imidazole rings is 1. The molecule has 0 saturated heterocycles. The molecule has 24 heavy (non-hydrogen) atoms. The summed E-state index contributed by atoms with van der Waals surface area (Å²) in [4.78, 5) is 31.0. The summed E-state index contributed by atoms with van der Waals surface area (Å²) in [6, 6.07) is 6.93. The third-order valence-corrected chi connectivity index (χ3v) is 4.75. The van der Waals surface area contributed by atoms with Crippen molar-refractivity contribution in [3.63, 3.8) is 0 Å². The molecule has 2 aromatic rings. The number of nitrogens with zero attached hydrogens (tertiary/aromatic N) is 1. The van der Waals surface area contributed by atoms with Gasteiger partial charge in [-0.15, -0.1) is 11.8 Å². The molecule has 2 unspecified atom stereocenters. The third-order valence-electron chi connectivity index (χ3n) is 3.60. The summed E-state index contributed by atoms with van der Waals surface area (Å²) in [5.74, 6) is -0.0528. The van der Waals surface area contributed by atoms with E-state index in [1.165, 1.54) is 11.8 Å². The topological polar surface area (TPSA) is 95.1 Å². The predicted molar refractivity (Wildman–Crippen MR) is 96.0 cm³/mol. The highest BCUT2D eigenvalue weighted by Gasteiger charge is 2.21. The quantitative estimate of drug-likeness (QED) is 0.681. The molecular formula is C17H23N3O3S. The largest absolute Gasteiger partial charge is 0.480 e. The number of aromatic amines is 1. The number of aromatic nitrogens is 2. The molecule has 1 amide bonds. The highest BCUT2D eigenvalue weighted by atomic mass is 32.2. The number of carboxylic acid groups (broad SMARTS) is 1. The van der Waals surface area contributed by atoms with E-state index in [1.54, 1.807) is 0 Å². The molecule has 2 atom stereocenters. The second-order valence-corrected chi connectivity index (χ2v) is 7.51. The molecule has 0 saturated carbocycles. The molecule has 0 aliphatic heterocycles. The van der Waals surface area contributed by atoms with Crippen molar-refractivity contribution in [3.05, 3.63) is 30.1 Å². The molecule has 0 spiro atoms. The Labute approximate surface area is 145 Å². The molecule has 1 aromatic carbocycles. The Balaban J connectivity index is 1.89. The molecule has 7 heteroatoms. The zero-order valence-electron chi connectivity index (χ0n) is 14.1. The van der Waals surface area contributed by atoms with E-state index in [-0.39, 0.29) is 22.8 Å². The molecule has 1 heterocycles. The van der Waals surface area contributed by atoms with Gasteiger partial charge in [0.2, 0.25) is 5.91 Å². The van der Waals surface area contributed by atoms with Gasteiger partial charge in [0.05, 0.1) is 22.0 Å². The Kier molecular flexibility index (Phi) is 6.25. The minimum absolute atomic E-state index is 0.0107. The lowest BCUT2D eigenvalue weighted by Gasteiger charge is -2.17. The molecule has 2 rings (SSSR count). The number of benzene rings is 1. The minimum Gasteiger partial charge on any atom is -0.480 e. The molecule has 0 radical (unpaired) electrons. The summed E-state index contributed by atoms with van der Waals surface area (Å²) < 4.78 is 0. The molecule has 0 aliphatic rings. The van der Waals surface area contributed by atoms with Gasteiger partial charge in [0.1, 0.15) is 11.9 Å². The lowest BCUT2D eigenvalue weighted by atomic mass is 10.0. The van der Waals surface area contributed by atoms with Gasteiger partial charge >= 0.3 is 5.97 Å². The molecule has 6 nitrogen and oxygen atoms in total. The SMILES string of the molecule is CC(C)CC(NC(=O)CSC(C)c1nc2ccccc2[nH]1)C(=O)O. The van der Waals surface area contributed by atoms with Crippen molar-refractivity contribution >= 4 is 34.7 Å². The second kappa shape index (κ2) is 8.19. The standard InChI is InChI=1S/C17H23N3O3S/c1-10(2)8-14(17(22)23)18-15(21)9-24-11(3)16-19-12-6-4-5-7-13(12)20-16/h4-7,10-11,14H,8-9H2,1-3H3,(H,18,21)(H,19,20)(H,22,23). The van der Waals surface area contributed by atoms with Crippen LogP contribution in [0.3, 0.4) is 0 Å². The normalized spacial score (nSPS) is 13.8. The first-order chi connectivity index (χ1) is 11.4. The zero-order chi connectivity index (χ0) is 17.7. The van der Waals surface area contributed by atoms with Gasteiger partial charge in [-0.3, -0.25) is 4.79 Å². The number of hydrogen-bond acceptors (Lipinski definition) is 4. The monoisotopic (exact) mass is 349 g/mol. The molecule has 1 aromatic heterocycles. The Bertz CT molecular complexity index is 681. The molecular weight excluding hydrogens is 326 g/mol. The number of carbonyl (C=O) groups is 2. The third kappa shape index (κ3) is 4.99.